The Labute approximate surface area is 321 Å². The van der Waals surface area contributed by atoms with Crippen LogP contribution in [0.4, 0.5) is 38.9 Å². The molecule has 242 valence electrons. The largest absolute Gasteiger partial charge is 0.494 e. The molecule has 2 amide bonds. The van der Waals surface area contributed by atoms with Crippen LogP contribution in [0.1, 0.15) is 11.1 Å². The van der Waals surface area contributed by atoms with Gasteiger partial charge in [-0.2, -0.15) is 37.3 Å². The van der Waals surface area contributed by atoms with Gasteiger partial charge in [0.1, 0.15) is 11.5 Å². The van der Waals surface area contributed by atoms with Gasteiger partial charge in [0.2, 0.25) is 0 Å². The third kappa shape index (κ3) is 10.9. The van der Waals surface area contributed by atoms with Gasteiger partial charge < -0.3 is 20.1 Å². The van der Waals surface area contributed by atoms with Crippen LogP contribution in [0, 0.1) is 13.8 Å². The minimum Gasteiger partial charge on any atom is -0.494 e. The average Bonchev–Trinajstić information content (AvgIpc) is 3.00. The third-order valence-corrected chi connectivity index (χ3v) is 8.08. The third-order valence-electron chi connectivity index (χ3n) is 6.35. The van der Waals surface area contributed by atoms with Gasteiger partial charge in [-0.05, 0) is 85.6 Å². The molecule has 0 aliphatic heterocycles. The number of urea groups is 1. The standard InChI is InChI=1S/C29H28N6O9S2.2Na/c1-17-13-25(27(43-3)15-23(17)34-32-19-5-9-21(10-6-19)45(37,38)39)30-29(36)31-26-14-18(2)24(16-28(26)44-4)35-33-20-7-11-22(12-8-20)46(40,41)42;;/h5-16H,1-4H3,(H2,30,31,36)(H,37,38,39)(H,40,41,42);;. The Morgan fingerprint density at radius 1 is 0.604 bits per heavy atom. The molecule has 2 radical (unpaired) electrons. The van der Waals surface area contributed by atoms with E-state index in [2.05, 4.69) is 31.1 Å². The maximum atomic E-state index is 13.0. The van der Waals surface area contributed by atoms with Crippen molar-refractivity contribution in [3.8, 4) is 11.5 Å². The Bertz CT molecular complexity index is 1910. The first kappa shape index (κ1) is 40.9. The summed E-state index contributed by atoms with van der Waals surface area (Å²) in [6, 6.07) is 16.2. The summed E-state index contributed by atoms with van der Waals surface area (Å²) in [4.78, 5) is 12.5. The Kier molecular flexibility index (Phi) is 14.9. The number of azo groups is 2. The molecule has 19 heteroatoms. The smallest absolute Gasteiger partial charge is 0.323 e. The molecule has 4 aromatic carbocycles. The summed E-state index contributed by atoms with van der Waals surface area (Å²) in [6.45, 7) is 3.50. The molecule has 0 atom stereocenters. The normalized spacial score (nSPS) is 11.5. The van der Waals surface area contributed by atoms with E-state index >= 15 is 0 Å². The maximum absolute atomic E-state index is 13.0. The quantitative estimate of drug-likeness (QED) is 0.0796. The fourth-order valence-corrected chi connectivity index (χ4v) is 4.93. The number of rotatable bonds is 10. The van der Waals surface area contributed by atoms with Crippen molar-refractivity contribution in [3.05, 3.63) is 83.9 Å². The molecule has 48 heavy (non-hydrogen) atoms. The van der Waals surface area contributed by atoms with Gasteiger partial charge in [0.15, 0.2) is 0 Å². The van der Waals surface area contributed by atoms with Crippen LogP contribution in [-0.4, -0.2) is 105 Å². The van der Waals surface area contributed by atoms with E-state index in [0.717, 1.165) is 0 Å². The Morgan fingerprint density at radius 3 is 1.23 bits per heavy atom. The van der Waals surface area contributed by atoms with Crippen LogP contribution in [0.15, 0.2) is 103 Å². The summed E-state index contributed by atoms with van der Waals surface area (Å²) in [5.74, 6) is 0.583. The van der Waals surface area contributed by atoms with Gasteiger partial charge in [-0.3, -0.25) is 9.11 Å². The number of nitrogens with zero attached hydrogens (tertiary/aromatic N) is 4. The molecule has 0 saturated heterocycles. The molecule has 4 rings (SSSR count). The summed E-state index contributed by atoms with van der Waals surface area (Å²) < 4.78 is 74.0. The van der Waals surface area contributed by atoms with Crippen molar-refractivity contribution < 1.29 is 40.2 Å². The Hall–Kier alpha value is -3.23. The number of nitrogens with one attached hydrogen (secondary N) is 2. The van der Waals surface area contributed by atoms with Crippen molar-refractivity contribution in [2.75, 3.05) is 24.9 Å². The molecule has 4 N–H and O–H groups in total. The summed E-state index contributed by atoms with van der Waals surface area (Å²) in [7, 11) is -5.81. The summed E-state index contributed by atoms with van der Waals surface area (Å²) >= 11 is 0. The van der Waals surface area contributed by atoms with E-state index in [1.54, 1.807) is 38.1 Å². The van der Waals surface area contributed by atoms with Crippen LogP contribution in [0.2, 0.25) is 0 Å². The average molecular weight is 715 g/mol. The van der Waals surface area contributed by atoms with E-state index in [9.17, 15) is 21.6 Å². The Balaban J connectivity index is 0.00000400. The van der Waals surface area contributed by atoms with E-state index < -0.39 is 26.3 Å². The van der Waals surface area contributed by atoms with Crippen LogP contribution in [0.25, 0.3) is 0 Å². The van der Waals surface area contributed by atoms with Crippen molar-refractivity contribution in [1.82, 2.24) is 0 Å². The predicted molar refractivity (Wildman–Crippen MR) is 180 cm³/mol. The van der Waals surface area contributed by atoms with Crippen molar-refractivity contribution >= 4 is 120 Å². The van der Waals surface area contributed by atoms with Gasteiger partial charge in [0.25, 0.3) is 20.2 Å². The number of methoxy groups -OCH3 is 2. The minimum atomic E-state index is -4.33. The molecule has 0 heterocycles. The van der Waals surface area contributed by atoms with Gasteiger partial charge in [-0.1, -0.05) is 0 Å². The fraction of sp³-hybridized carbons (Fsp3) is 0.138. The van der Waals surface area contributed by atoms with Gasteiger partial charge in [0.05, 0.1) is 58.1 Å². The van der Waals surface area contributed by atoms with Crippen LogP contribution in [-0.2, 0) is 20.2 Å². The molecule has 4 aromatic rings. The summed E-state index contributed by atoms with van der Waals surface area (Å²) in [5.41, 5.74) is 3.52. The maximum Gasteiger partial charge on any atom is 0.323 e. The fourth-order valence-electron chi connectivity index (χ4n) is 3.97. The number of hydrogen-bond donors (Lipinski definition) is 4. The zero-order chi connectivity index (χ0) is 33.6. The molecule has 0 bridgehead atoms. The van der Waals surface area contributed by atoms with E-state index in [0.29, 0.717) is 56.8 Å². The molecule has 0 fully saturated rings. The number of ether oxygens (including phenoxy) is 2. The molecular weight excluding hydrogens is 686 g/mol. The second kappa shape index (κ2) is 17.4. The first-order valence-corrected chi connectivity index (χ1v) is 16.0. The van der Waals surface area contributed by atoms with Crippen LogP contribution < -0.4 is 20.1 Å². The SMILES string of the molecule is COc1cc(N=Nc2ccc(S(=O)(=O)O)cc2)c(C)cc1NC(=O)Nc1cc(C)c(N=Nc2ccc(S(=O)(=O)O)cc2)cc1OC.[Na].[Na]. The molecule has 0 unspecified atom stereocenters. The molecule has 0 saturated carbocycles. The van der Waals surface area contributed by atoms with Crippen molar-refractivity contribution in [2.45, 2.75) is 23.6 Å². The van der Waals surface area contributed by atoms with Crippen molar-refractivity contribution in [3.63, 3.8) is 0 Å². The summed E-state index contributed by atoms with van der Waals surface area (Å²) in [5, 5.41) is 22.0. The zero-order valence-corrected chi connectivity index (χ0v) is 32.4. The zero-order valence-electron chi connectivity index (χ0n) is 26.8. The first-order chi connectivity index (χ1) is 21.7. The van der Waals surface area contributed by atoms with Crippen molar-refractivity contribution in [2.24, 2.45) is 20.5 Å². The van der Waals surface area contributed by atoms with Gasteiger partial charge in [-0.25, -0.2) is 4.79 Å². The molecule has 0 aliphatic rings. The number of amides is 2. The first-order valence-electron chi connectivity index (χ1n) is 13.1. The molecule has 0 spiro atoms. The number of carbonyl (C=O) groups is 1. The second-order valence-corrected chi connectivity index (χ2v) is 12.4. The number of benzene rings is 4. The summed E-state index contributed by atoms with van der Waals surface area (Å²) in [6.07, 6.45) is 0. The van der Waals surface area contributed by atoms with Gasteiger partial charge >= 0.3 is 6.03 Å². The van der Waals surface area contributed by atoms with E-state index in [1.807, 2.05) is 0 Å². The number of hydrogen-bond acceptors (Lipinski definition) is 11. The number of carbonyl (C=O) groups excluding carboxylic acids is 1. The second-order valence-electron chi connectivity index (χ2n) is 9.60. The van der Waals surface area contributed by atoms with E-state index in [-0.39, 0.29) is 68.9 Å². The number of aryl methyl sites for hydroxylation is 2. The van der Waals surface area contributed by atoms with Crippen LogP contribution in [0.3, 0.4) is 0 Å². The van der Waals surface area contributed by atoms with Gasteiger partial charge in [-0.15, -0.1) is 0 Å². The monoisotopic (exact) mass is 714 g/mol. The minimum absolute atomic E-state index is 0. The van der Waals surface area contributed by atoms with E-state index in [4.69, 9.17) is 18.6 Å². The molecule has 15 nitrogen and oxygen atoms in total. The van der Waals surface area contributed by atoms with Gasteiger partial charge in [0, 0.05) is 71.2 Å². The van der Waals surface area contributed by atoms with Crippen molar-refractivity contribution in [1.29, 1.82) is 0 Å². The molecule has 0 aromatic heterocycles. The predicted octanol–water partition coefficient (Wildman–Crippen LogP) is 6.53. The van der Waals surface area contributed by atoms with Crippen LogP contribution in [0.5, 0.6) is 11.5 Å². The van der Waals surface area contributed by atoms with E-state index in [1.165, 1.54) is 62.8 Å². The Morgan fingerprint density at radius 2 is 0.938 bits per heavy atom. The molecular formula is C29H28N6Na2O9S2. The number of anilines is 2. The molecule has 0 aliphatic carbocycles. The topological polar surface area (TPSA) is 218 Å². The van der Waals surface area contributed by atoms with Crippen LogP contribution >= 0.6 is 0 Å².